The number of nitrogens with one attached hydrogen (secondary N) is 1. The van der Waals surface area contributed by atoms with E-state index >= 15 is 0 Å². The van der Waals surface area contributed by atoms with Crippen LogP contribution in [0, 0.1) is 0 Å². The highest BCUT2D eigenvalue weighted by Gasteiger charge is 2.07. The Morgan fingerprint density at radius 3 is 2.81 bits per heavy atom. The summed E-state index contributed by atoms with van der Waals surface area (Å²) in [6.07, 6.45) is 0.917. The Hall–Kier alpha value is -1.03. The maximum atomic E-state index is 11.4. The van der Waals surface area contributed by atoms with Crippen molar-refractivity contribution in [2.75, 3.05) is 6.61 Å². The van der Waals surface area contributed by atoms with E-state index in [4.69, 9.17) is 4.74 Å². The van der Waals surface area contributed by atoms with E-state index < -0.39 is 0 Å². The van der Waals surface area contributed by atoms with E-state index in [9.17, 15) is 4.79 Å². The van der Waals surface area contributed by atoms with Crippen LogP contribution in [0.15, 0.2) is 28.7 Å². The number of benzene rings is 1. The maximum absolute atomic E-state index is 11.4. The van der Waals surface area contributed by atoms with Gasteiger partial charge in [0, 0.05) is 6.04 Å². The van der Waals surface area contributed by atoms with Gasteiger partial charge in [-0.2, -0.15) is 0 Å². The molecule has 0 aliphatic rings. The molecule has 1 N–H and O–H groups in total. The molecule has 3 nitrogen and oxygen atoms in total. The Kier molecular flexibility index (Phi) is 5.32. The number of ether oxygens (including phenoxy) is 1. The van der Waals surface area contributed by atoms with E-state index in [1.54, 1.807) is 0 Å². The monoisotopic (exact) mass is 285 g/mol. The first-order valence-electron chi connectivity index (χ1n) is 5.30. The summed E-state index contributed by atoms with van der Waals surface area (Å²) >= 11 is 3.35. The topological polar surface area (TPSA) is 38.3 Å². The van der Waals surface area contributed by atoms with Gasteiger partial charge in [-0.05, 0) is 41.4 Å². The molecule has 1 aromatic rings. The molecule has 0 aromatic heterocycles. The third-order valence-electron chi connectivity index (χ3n) is 2.22. The van der Waals surface area contributed by atoms with Crippen molar-refractivity contribution in [3.63, 3.8) is 0 Å². The van der Waals surface area contributed by atoms with Gasteiger partial charge in [0.25, 0.3) is 5.91 Å². The van der Waals surface area contributed by atoms with Gasteiger partial charge in [-0.25, -0.2) is 0 Å². The highest BCUT2D eigenvalue weighted by molar-refractivity contribution is 9.10. The van der Waals surface area contributed by atoms with Crippen LogP contribution in [0.5, 0.6) is 5.75 Å². The highest BCUT2D eigenvalue weighted by atomic mass is 79.9. The maximum Gasteiger partial charge on any atom is 0.258 e. The summed E-state index contributed by atoms with van der Waals surface area (Å²) in [6.45, 7) is 4.04. The Balaban J connectivity index is 2.40. The lowest BCUT2D eigenvalue weighted by atomic mass is 10.2. The fourth-order valence-electron chi connectivity index (χ4n) is 1.12. The quantitative estimate of drug-likeness (QED) is 0.903. The second-order valence-electron chi connectivity index (χ2n) is 3.60. The van der Waals surface area contributed by atoms with Crippen LogP contribution in [-0.4, -0.2) is 18.6 Å². The third-order valence-corrected chi connectivity index (χ3v) is 2.87. The molecule has 0 saturated heterocycles. The fourth-order valence-corrected chi connectivity index (χ4v) is 1.52. The zero-order valence-electron chi connectivity index (χ0n) is 9.50. The van der Waals surface area contributed by atoms with Gasteiger partial charge in [-0.1, -0.05) is 19.1 Å². The van der Waals surface area contributed by atoms with Crippen LogP contribution in [0.1, 0.15) is 20.3 Å². The molecule has 1 atom stereocenters. The minimum absolute atomic E-state index is 0.0486. The second-order valence-corrected chi connectivity index (χ2v) is 4.45. The molecule has 16 heavy (non-hydrogen) atoms. The van der Waals surface area contributed by atoms with Gasteiger partial charge in [0.15, 0.2) is 6.61 Å². The van der Waals surface area contributed by atoms with Crippen LogP contribution in [-0.2, 0) is 4.79 Å². The van der Waals surface area contributed by atoms with Gasteiger partial charge in [-0.3, -0.25) is 4.79 Å². The Morgan fingerprint density at radius 1 is 1.50 bits per heavy atom. The minimum Gasteiger partial charge on any atom is -0.483 e. The second kappa shape index (κ2) is 6.53. The first-order valence-corrected chi connectivity index (χ1v) is 6.09. The minimum atomic E-state index is -0.0925. The van der Waals surface area contributed by atoms with E-state index in [0.717, 1.165) is 10.9 Å². The van der Waals surface area contributed by atoms with Crippen molar-refractivity contribution in [3.05, 3.63) is 28.7 Å². The molecule has 1 rings (SSSR count). The van der Waals surface area contributed by atoms with Crippen LogP contribution >= 0.6 is 15.9 Å². The van der Waals surface area contributed by atoms with Crippen LogP contribution in [0.2, 0.25) is 0 Å². The molecule has 88 valence electrons. The fraction of sp³-hybridized carbons (Fsp3) is 0.417. The van der Waals surface area contributed by atoms with Crippen molar-refractivity contribution in [1.29, 1.82) is 0 Å². The highest BCUT2D eigenvalue weighted by Crippen LogP contribution is 2.23. The van der Waals surface area contributed by atoms with Crippen LogP contribution < -0.4 is 10.1 Å². The summed E-state index contributed by atoms with van der Waals surface area (Å²) in [6, 6.07) is 7.65. The number of carbonyl (C=O) groups excluding carboxylic acids is 1. The third kappa shape index (κ3) is 4.23. The lowest BCUT2D eigenvalue weighted by Crippen LogP contribution is -2.35. The van der Waals surface area contributed by atoms with Crippen LogP contribution in [0.4, 0.5) is 0 Å². The number of hydrogen-bond acceptors (Lipinski definition) is 2. The lowest BCUT2D eigenvalue weighted by molar-refractivity contribution is -0.123. The standard InChI is InChI=1S/C12H16BrNO2/c1-3-9(2)14-12(15)8-16-11-7-5-4-6-10(11)13/h4-7,9H,3,8H2,1-2H3,(H,14,15)/t9-/m0/s1. The predicted octanol–water partition coefficient (Wildman–Crippen LogP) is 2.74. The molecule has 0 unspecified atom stereocenters. The van der Waals surface area contributed by atoms with Gasteiger partial charge in [0.1, 0.15) is 5.75 Å². The van der Waals surface area contributed by atoms with Crippen LogP contribution in [0.3, 0.4) is 0 Å². The van der Waals surface area contributed by atoms with Crippen molar-refractivity contribution in [2.45, 2.75) is 26.3 Å². The number of hydrogen-bond donors (Lipinski definition) is 1. The summed E-state index contributed by atoms with van der Waals surface area (Å²) in [5.74, 6) is 0.590. The number of rotatable bonds is 5. The van der Waals surface area contributed by atoms with Gasteiger partial charge >= 0.3 is 0 Å². The summed E-state index contributed by atoms with van der Waals surface area (Å²) in [5, 5.41) is 2.84. The molecule has 0 aliphatic heterocycles. The average Bonchev–Trinajstić information content (AvgIpc) is 2.28. The smallest absolute Gasteiger partial charge is 0.258 e. The molecule has 1 aromatic carbocycles. The van der Waals surface area contributed by atoms with Gasteiger partial charge in [-0.15, -0.1) is 0 Å². The molecule has 0 aliphatic carbocycles. The molecule has 0 spiro atoms. The van der Waals surface area contributed by atoms with E-state index in [1.807, 2.05) is 38.1 Å². The number of para-hydroxylation sites is 1. The summed E-state index contributed by atoms with van der Waals surface area (Å²) in [4.78, 5) is 11.4. The number of amides is 1. The van der Waals surface area contributed by atoms with Crippen molar-refractivity contribution in [2.24, 2.45) is 0 Å². The van der Waals surface area contributed by atoms with Gasteiger partial charge in [0.2, 0.25) is 0 Å². The number of carbonyl (C=O) groups is 1. The van der Waals surface area contributed by atoms with E-state index in [-0.39, 0.29) is 18.6 Å². The zero-order valence-corrected chi connectivity index (χ0v) is 11.1. The summed E-state index contributed by atoms with van der Waals surface area (Å²) < 4.78 is 6.24. The normalized spacial score (nSPS) is 11.9. The zero-order chi connectivity index (χ0) is 12.0. The van der Waals surface area contributed by atoms with Gasteiger partial charge in [0.05, 0.1) is 4.47 Å². The Bertz CT molecular complexity index is 355. The first kappa shape index (κ1) is 13.0. The molecule has 0 radical (unpaired) electrons. The van der Waals surface area contributed by atoms with Crippen molar-refractivity contribution in [1.82, 2.24) is 5.32 Å². The Morgan fingerprint density at radius 2 is 2.19 bits per heavy atom. The van der Waals surface area contributed by atoms with Crippen molar-refractivity contribution >= 4 is 21.8 Å². The van der Waals surface area contributed by atoms with E-state index in [1.165, 1.54) is 0 Å². The molecule has 0 saturated carbocycles. The molecule has 4 heteroatoms. The molecular formula is C12H16BrNO2. The summed E-state index contributed by atoms with van der Waals surface area (Å²) in [7, 11) is 0. The predicted molar refractivity (Wildman–Crippen MR) is 67.5 cm³/mol. The van der Waals surface area contributed by atoms with E-state index in [2.05, 4.69) is 21.2 Å². The first-order chi connectivity index (χ1) is 7.63. The molecule has 0 bridgehead atoms. The summed E-state index contributed by atoms with van der Waals surface area (Å²) in [5.41, 5.74) is 0. The molecule has 0 fully saturated rings. The SMILES string of the molecule is CC[C@H](C)NC(=O)COc1ccccc1Br. The molecule has 1 amide bonds. The van der Waals surface area contributed by atoms with E-state index in [0.29, 0.717) is 5.75 Å². The molecule has 0 heterocycles. The number of halogens is 1. The molecular weight excluding hydrogens is 270 g/mol. The largest absolute Gasteiger partial charge is 0.483 e. The van der Waals surface area contributed by atoms with Crippen LogP contribution in [0.25, 0.3) is 0 Å². The van der Waals surface area contributed by atoms with Gasteiger partial charge < -0.3 is 10.1 Å². The average molecular weight is 286 g/mol. The van der Waals surface area contributed by atoms with Crippen molar-refractivity contribution < 1.29 is 9.53 Å². The lowest BCUT2D eigenvalue weighted by Gasteiger charge is -2.12. The Labute approximate surface area is 104 Å². The van der Waals surface area contributed by atoms with Crippen molar-refractivity contribution in [3.8, 4) is 5.75 Å².